The van der Waals surface area contributed by atoms with Crippen molar-refractivity contribution in [3.63, 3.8) is 0 Å². The molecule has 1 N–H and O–H groups in total. The highest BCUT2D eigenvalue weighted by atomic mass is 14.9. The average Bonchev–Trinajstić information content (AvgIpc) is 2.14. The monoisotopic (exact) mass is 179 g/mol. The van der Waals surface area contributed by atoms with Gasteiger partial charge in [0.1, 0.15) is 0 Å². The van der Waals surface area contributed by atoms with E-state index in [9.17, 15) is 0 Å². The van der Waals surface area contributed by atoms with Crippen LogP contribution in [-0.4, -0.2) is 13.1 Å². The molecule has 0 radical (unpaired) electrons. The third-order valence-corrected chi connectivity index (χ3v) is 2.53. The van der Waals surface area contributed by atoms with E-state index in [4.69, 9.17) is 0 Å². The SMILES string of the molecule is CC(C)C#CCCC1CCNCC1. The van der Waals surface area contributed by atoms with E-state index >= 15 is 0 Å². The summed E-state index contributed by atoms with van der Waals surface area (Å²) in [5.74, 6) is 7.95. The van der Waals surface area contributed by atoms with Crippen LogP contribution in [0, 0.1) is 23.7 Å². The van der Waals surface area contributed by atoms with Crippen molar-refractivity contribution in [1.82, 2.24) is 5.32 Å². The van der Waals surface area contributed by atoms with Gasteiger partial charge < -0.3 is 5.32 Å². The average molecular weight is 179 g/mol. The van der Waals surface area contributed by atoms with E-state index < -0.39 is 0 Å². The number of piperidine rings is 1. The van der Waals surface area contributed by atoms with Crippen LogP contribution in [0.3, 0.4) is 0 Å². The number of rotatable bonds is 2. The van der Waals surface area contributed by atoms with Gasteiger partial charge in [-0.2, -0.15) is 0 Å². The van der Waals surface area contributed by atoms with E-state index in [1.807, 2.05) is 0 Å². The van der Waals surface area contributed by atoms with Crippen molar-refractivity contribution >= 4 is 0 Å². The molecule has 1 saturated heterocycles. The van der Waals surface area contributed by atoms with E-state index in [-0.39, 0.29) is 0 Å². The molecule has 1 heteroatoms. The fraction of sp³-hybridized carbons (Fsp3) is 0.833. The normalized spacial score (nSPS) is 18.4. The highest BCUT2D eigenvalue weighted by Crippen LogP contribution is 2.16. The smallest absolute Gasteiger partial charge is 0.0146 e. The van der Waals surface area contributed by atoms with Crippen LogP contribution in [0.15, 0.2) is 0 Å². The molecule has 0 atom stereocenters. The van der Waals surface area contributed by atoms with Crippen LogP contribution >= 0.6 is 0 Å². The van der Waals surface area contributed by atoms with Crippen molar-refractivity contribution in [1.29, 1.82) is 0 Å². The molecule has 0 bridgehead atoms. The van der Waals surface area contributed by atoms with Gasteiger partial charge in [0.2, 0.25) is 0 Å². The second-order valence-corrected chi connectivity index (χ2v) is 4.21. The molecule has 1 aliphatic rings. The first-order valence-corrected chi connectivity index (χ1v) is 5.48. The summed E-state index contributed by atoms with van der Waals surface area (Å²) in [6.07, 6.45) is 5.11. The lowest BCUT2D eigenvalue weighted by Gasteiger charge is -2.21. The van der Waals surface area contributed by atoms with E-state index in [1.54, 1.807) is 0 Å². The molecule has 0 spiro atoms. The summed E-state index contributed by atoms with van der Waals surface area (Å²) in [5, 5.41) is 3.39. The Morgan fingerprint density at radius 2 is 2.00 bits per heavy atom. The predicted octanol–water partition coefficient (Wildman–Crippen LogP) is 2.43. The highest BCUT2D eigenvalue weighted by molar-refractivity contribution is 5.01. The zero-order valence-electron chi connectivity index (χ0n) is 8.90. The van der Waals surface area contributed by atoms with Gasteiger partial charge in [0, 0.05) is 12.3 Å². The van der Waals surface area contributed by atoms with Gasteiger partial charge in [-0.05, 0) is 38.3 Å². The lowest BCUT2D eigenvalue weighted by Crippen LogP contribution is -2.27. The standard InChI is InChI=1S/C12H21N/c1-11(2)5-3-4-6-12-7-9-13-10-8-12/h11-13H,4,6-10H2,1-2H3. The van der Waals surface area contributed by atoms with Crippen LogP contribution in [-0.2, 0) is 0 Å². The number of hydrogen-bond acceptors (Lipinski definition) is 1. The number of hydrogen-bond donors (Lipinski definition) is 1. The molecule has 0 amide bonds. The largest absolute Gasteiger partial charge is 0.317 e. The molecule has 0 aromatic carbocycles. The maximum atomic E-state index is 3.39. The summed E-state index contributed by atoms with van der Waals surface area (Å²) < 4.78 is 0. The van der Waals surface area contributed by atoms with Crippen LogP contribution in [0.1, 0.15) is 39.5 Å². The van der Waals surface area contributed by atoms with E-state index in [1.165, 1.54) is 32.4 Å². The molecule has 74 valence electrons. The van der Waals surface area contributed by atoms with Gasteiger partial charge in [-0.15, -0.1) is 11.8 Å². The second kappa shape index (κ2) is 6.05. The quantitative estimate of drug-likeness (QED) is 0.642. The molecule has 13 heavy (non-hydrogen) atoms. The second-order valence-electron chi connectivity index (χ2n) is 4.21. The molecule has 1 fully saturated rings. The Bertz CT molecular complexity index is 179. The zero-order valence-corrected chi connectivity index (χ0v) is 8.90. The Morgan fingerprint density at radius 1 is 1.31 bits per heavy atom. The maximum absolute atomic E-state index is 3.39. The minimum atomic E-state index is 0.535. The van der Waals surface area contributed by atoms with Gasteiger partial charge in [0.05, 0.1) is 0 Å². The summed E-state index contributed by atoms with van der Waals surface area (Å²) in [5.41, 5.74) is 0. The maximum Gasteiger partial charge on any atom is 0.0146 e. The first-order chi connectivity index (χ1) is 6.29. The molecule has 0 unspecified atom stereocenters. The van der Waals surface area contributed by atoms with Gasteiger partial charge in [0.25, 0.3) is 0 Å². The van der Waals surface area contributed by atoms with Crippen LogP contribution in [0.5, 0.6) is 0 Å². The molecule has 0 aromatic heterocycles. The Hall–Kier alpha value is -0.480. The molecule has 0 saturated carbocycles. The van der Waals surface area contributed by atoms with E-state index in [0.717, 1.165) is 12.3 Å². The molecule has 0 aromatic rings. The molecule has 1 rings (SSSR count). The Labute approximate surface area is 82.3 Å². The van der Waals surface area contributed by atoms with Gasteiger partial charge in [-0.25, -0.2) is 0 Å². The molecule has 1 aliphatic heterocycles. The van der Waals surface area contributed by atoms with Crippen LogP contribution in [0.2, 0.25) is 0 Å². The summed E-state index contributed by atoms with van der Waals surface area (Å²) >= 11 is 0. The van der Waals surface area contributed by atoms with Crippen molar-refractivity contribution in [2.24, 2.45) is 11.8 Å². The Morgan fingerprint density at radius 3 is 2.62 bits per heavy atom. The topological polar surface area (TPSA) is 12.0 Å². The van der Waals surface area contributed by atoms with Crippen molar-refractivity contribution in [2.45, 2.75) is 39.5 Å². The highest BCUT2D eigenvalue weighted by Gasteiger charge is 2.11. The predicted molar refractivity (Wildman–Crippen MR) is 57.4 cm³/mol. The van der Waals surface area contributed by atoms with E-state index in [2.05, 4.69) is 31.0 Å². The van der Waals surface area contributed by atoms with Crippen molar-refractivity contribution in [2.75, 3.05) is 13.1 Å². The summed E-state index contributed by atoms with van der Waals surface area (Å²) in [7, 11) is 0. The Kier molecular flexibility index (Phi) is 4.93. The fourth-order valence-electron chi connectivity index (χ4n) is 1.72. The summed E-state index contributed by atoms with van der Waals surface area (Å²) in [6, 6.07) is 0. The van der Waals surface area contributed by atoms with E-state index in [0.29, 0.717) is 5.92 Å². The lowest BCUT2D eigenvalue weighted by atomic mass is 9.93. The van der Waals surface area contributed by atoms with Gasteiger partial charge in [0.15, 0.2) is 0 Å². The van der Waals surface area contributed by atoms with Crippen LogP contribution in [0.25, 0.3) is 0 Å². The molecular formula is C12H21N. The minimum absolute atomic E-state index is 0.535. The molecular weight excluding hydrogens is 158 g/mol. The van der Waals surface area contributed by atoms with Crippen molar-refractivity contribution < 1.29 is 0 Å². The molecule has 1 heterocycles. The van der Waals surface area contributed by atoms with Crippen LogP contribution < -0.4 is 5.32 Å². The minimum Gasteiger partial charge on any atom is -0.317 e. The van der Waals surface area contributed by atoms with Crippen LogP contribution in [0.4, 0.5) is 0 Å². The first-order valence-electron chi connectivity index (χ1n) is 5.48. The summed E-state index contributed by atoms with van der Waals surface area (Å²) in [4.78, 5) is 0. The van der Waals surface area contributed by atoms with Crippen molar-refractivity contribution in [3.05, 3.63) is 0 Å². The third-order valence-electron chi connectivity index (χ3n) is 2.53. The van der Waals surface area contributed by atoms with Gasteiger partial charge in [-0.1, -0.05) is 13.8 Å². The fourth-order valence-corrected chi connectivity index (χ4v) is 1.72. The zero-order chi connectivity index (χ0) is 9.52. The summed E-state index contributed by atoms with van der Waals surface area (Å²) in [6.45, 7) is 6.72. The Balaban J connectivity index is 2.08. The van der Waals surface area contributed by atoms with Gasteiger partial charge >= 0.3 is 0 Å². The lowest BCUT2D eigenvalue weighted by molar-refractivity contribution is 0.357. The third kappa shape index (κ3) is 4.95. The number of nitrogens with one attached hydrogen (secondary N) is 1. The first kappa shape index (κ1) is 10.6. The molecule has 0 aliphatic carbocycles. The van der Waals surface area contributed by atoms with Crippen molar-refractivity contribution in [3.8, 4) is 11.8 Å². The van der Waals surface area contributed by atoms with Gasteiger partial charge in [-0.3, -0.25) is 0 Å². The molecule has 1 nitrogen and oxygen atoms in total.